The minimum absolute atomic E-state index is 0.200. The van der Waals surface area contributed by atoms with Crippen LogP contribution in [0.3, 0.4) is 0 Å². The van der Waals surface area contributed by atoms with Gasteiger partial charge in [0.1, 0.15) is 17.1 Å². The van der Waals surface area contributed by atoms with Crippen molar-refractivity contribution in [3.63, 3.8) is 0 Å². The smallest absolute Gasteiger partial charge is 0.277 e. The Morgan fingerprint density at radius 1 is 1.27 bits per heavy atom. The molecular weight excluding hydrogens is 383 g/mol. The highest BCUT2D eigenvalue weighted by atomic mass is 19.1. The van der Waals surface area contributed by atoms with Crippen molar-refractivity contribution in [2.24, 2.45) is 5.10 Å². The Hall–Kier alpha value is -3.48. The van der Waals surface area contributed by atoms with Crippen molar-refractivity contribution in [3.05, 3.63) is 65.6 Å². The molecule has 0 spiro atoms. The summed E-state index contributed by atoms with van der Waals surface area (Å²) in [6.07, 6.45) is 5.30. The molecular formula is C23H23FN4O2. The van der Waals surface area contributed by atoms with Gasteiger partial charge in [0.05, 0.1) is 11.9 Å². The third kappa shape index (κ3) is 4.40. The van der Waals surface area contributed by atoms with Gasteiger partial charge in [-0.25, -0.2) is 9.82 Å². The van der Waals surface area contributed by atoms with Crippen LogP contribution in [-0.4, -0.2) is 36.8 Å². The minimum atomic E-state index is -0.411. The lowest BCUT2D eigenvalue weighted by molar-refractivity contribution is -0.123. The number of amides is 1. The van der Waals surface area contributed by atoms with Gasteiger partial charge in [-0.2, -0.15) is 5.10 Å². The zero-order valence-electron chi connectivity index (χ0n) is 16.8. The van der Waals surface area contributed by atoms with Gasteiger partial charge in [0.2, 0.25) is 0 Å². The molecule has 1 saturated heterocycles. The Labute approximate surface area is 174 Å². The van der Waals surface area contributed by atoms with E-state index >= 15 is 0 Å². The lowest BCUT2D eigenvalue weighted by Crippen LogP contribution is -2.24. The molecule has 2 aromatic carbocycles. The predicted octanol–water partition coefficient (Wildman–Crippen LogP) is 3.81. The van der Waals surface area contributed by atoms with Gasteiger partial charge in [-0.15, -0.1) is 0 Å². The maximum absolute atomic E-state index is 14.5. The predicted molar refractivity (Wildman–Crippen MR) is 116 cm³/mol. The number of nitrogens with one attached hydrogen (secondary N) is 1. The van der Waals surface area contributed by atoms with Crippen molar-refractivity contribution in [1.29, 1.82) is 0 Å². The molecule has 0 radical (unpaired) electrons. The number of carbonyl (C=O) groups excluding carboxylic acids is 1. The molecule has 1 aromatic heterocycles. The highest BCUT2D eigenvalue weighted by Crippen LogP contribution is 2.26. The van der Waals surface area contributed by atoms with E-state index < -0.39 is 5.91 Å². The van der Waals surface area contributed by atoms with Crippen molar-refractivity contribution >= 4 is 28.7 Å². The number of anilines is 1. The van der Waals surface area contributed by atoms with Crippen LogP contribution in [-0.2, 0) is 4.79 Å². The number of ether oxygens (including phenoxy) is 1. The van der Waals surface area contributed by atoms with E-state index in [4.69, 9.17) is 4.74 Å². The molecule has 3 aromatic rings. The molecule has 1 N–H and O–H groups in total. The highest BCUT2D eigenvalue weighted by molar-refractivity contribution is 5.86. The monoisotopic (exact) mass is 406 g/mol. The Bertz CT molecular complexity index is 1090. The van der Waals surface area contributed by atoms with Crippen molar-refractivity contribution in [2.75, 3.05) is 24.6 Å². The largest absolute Gasteiger partial charge is 0.481 e. The van der Waals surface area contributed by atoms with E-state index in [1.165, 1.54) is 12.3 Å². The third-order valence-electron chi connectivity index (χ3n) is 5.13. The van der Waals surface area contributed by atoms with Crippen LogP contribution in [0.2, 0.25) is 0 Å². The Balaban J connectivity index is 1.36. The second kappa shape index (κ2) is 8.90. The lowest BCUT2D eigenvalue weighted by atomic mass is 10.1. The molecule has 1 fully saturated rings. The fourth-order valence-electron chi connectivity index (χ4n) is 3.56. The number of hydrogen-bond donors (Lipinski definition) is 1. The van der Waals surface area contributed by atoms with Crippen molar-refractivity contribution < 1.29 is 13.9 Å². The Morgan fingerprint density at radius 2 is 2.07 bits per heavy atom. The summed E-state index contributed by atoms with van der Waals surface area (Å²) in [5.74, 6) is -0.157. The number of halogens is 1. The SMILES string of the molecule is Cc1cc(N2CCCC2)c(F)cc1/C=N\NC(=O)COc1cccc2cccnc12. The number of pyridine rings is 1. The van der Waals surface area contributed by atoms with Crippen molar-refractivity contribution in [3.8, 4) is 5.75 Å². The van der Waals surface area contributed by atoms with Gasteiger partial charge < -0.3 is 9.64 Å². The van der Waals surface area contributed by atoms with Crippen molar-refractivity contribution in [2.45, 2.75) is 19.8 Å². The molecule has 0 atom stereocenters. The molecule has 1 aliphatic rings. The van der Waals surface area contributed by atoms with E-state index in [0.717, 1.165) is 36.9 Å². The van der Waals surface area contributed by atoms with E-state index in [1.807, 2.05) is 37.3 Å². The summed E-state index contributed by atoms with van der Waals surface area (Å²) in [5.41, 5.74) is 5.26. The molecule has 6 nitrogen and oxygen atoms in total. The van der Waals surface area contributed by atoms with Crippen LogP contribution in [0.4, 0.5) is 10.1 Å². The molecule has 0 unspecified atom stereocenters. The van der Waals surface area contributed by atoms with Gasteiger partial charge in [0.25, 0.3) is 5.91 Å². The number of hydrazone groups is 1. The fourth-order valence-corrected chi connectivity index (χ4v) is 3.56. The summed E-state index contributed by atoms with van der Waals surface area (Å²) in [4.78, 5) is 18.4. The van der Waals surface area contributed by atoms with Crippen molar-refractivity contribution in [1.82, 2.24) is 10.4 Å². The van der Waals surface area contributed by atoms with E-state index in [2.05, 4.69) is 20.4 Å². The summed E-state index contributed by atoms with van der Waals surface area (Å²) in [6, 6.07) is 12.6. The van der Waals surface area contributed by atoms with E-state index in [-0.39, 0.29) is 12.4 Å². The fraction of sp³-hybridized carbons (Fsp3) is 0.261. The number of aromatic nitrogens is 1. The molecule has 0 bridgehead atoms. The number of rotatable bonds is 6. The summed E-state index contributed by atoms with van der Waals surface area (Å²) >= 11 is 0. The first kappa shape index (κ1) is 19.8. The average molecular weight is 406 g/mol. The molecule has 0 aliphatic carbocycles. The number of aryl methyl sites for hydroxylation is 1. The summed E-state index contributed by atoms with van der Waals surface area (Å²) in [5, 5.41) is 4.88. The van der Waals surface area contributed by atoms with Crippen LogP contribution < -0.4 is 15.1 Å². The molecule has 1 amide bonds. The molecule has 30 heavy (non-hydrogen) atoms. The maximum atomic E-state index is 14.5. The molecule has 4 rings (SSSR count). The summed E-state index contributed by atoms with van der Waals surface area (Å²) in [7, 11) is 0. The molecule has 2 heterocycles. The van der Waals surface area contributed by atoms with Gasteiger partial charge in [0.15, 0.2) is 6.61 Å². The number of para-hydroxylation sites is 1. The normalized spacial score (nSPS) is 13.9. The number of nitrogens with zero attached hydrogens (tertiary/aromatic N) is 3. The average Bonchev–Trinajstić information content (AvgIpc) is 3.29. The van der Waals surface area contributed by atoms with E-state index in [1.54, 1.807) is 12.3 Å². The van der Waals surface area contributed by atoms with Gasteiger partial charge in [-0.1, -0.05) is 18.2 Å². The maximum Gasteiger partial charge on any atom is 0.277 e. The van der Waals surface area contributed by atoms with Crippen LogP contribution in [0, 0.1) is 12.7 Å². The van der Waals surface area contributed by atoms with E-state index in [9.17, 15) is 9.18 Å². The molecule has 1 aliphatic heterocycles. The van der Waals surface area contributed by atoms with Crippen LogP contribution >= 0.6 is 0 Å². The molecule has 7 heteroatoms. The first-order valence-corrected chi connectivity index (χ1v) is 9.95. The standard InChI is InChI=1S/C23H23FN4O2/c1-16-12-20(28-10-2-3-11-28)19(24)13-18(16)14-26-27-22(29)15-30-21-8-4-6-17-7-5-9-25-23(17)21/h4-9,12-14H,2-3,10-11,15H2,1H3,(H,27,29)/b26-14-. The van der Waals surface area contributed by atoms with Crippen LogP contribution in [0.1, 0.15) is 24.0 Å². The van der Waals surface area contributed by atoms with Gasteiger partial charge in [0, 0.05) is 30.2 Å². The zero-order chi connectivity index (χ0) is 20.9. The van der Waals surface area contributed by atoms with Crippen LogP contribution in [0.15, 0.2) is 53.8 Å². The Kier molecular flexibility index (Phi) is 5.88. The number of carbonyl (C=O) groups is 1. The quantitative estimate of drug-likeness (QED) is 0.499. The van der Waals surface area contributed by atoms with Crippen LogP contribution in [0.25, 0.3) is 10.9 Å². The third-order valence-corrected chi connectivity index (χ3v) is 5.13. The van der Waals surface area contributed by atoms with Gasteiger partial charge >= 0.3 is 0 Å². The lowest BCUT2D eigenvalue weighted by Gasteiger charge is -2.19. The van der Waals surface area contributed by atoms with Gasteiger partial charge in [-0.3, -0.25) is 9.78 Å². The number of benzene rings is 2. The first-order valence-electron chi connectivity index (χ1n) is 9.95. The second-order valence-electron chi connectivity index (χ2n) is 7.27. The molecule has 154 valence electrons. The topological polar surface area (TPSA) is 66.8 Å². The first-order chi connectivity index (χ1) is 14.6. The number of hydrogen-bond acceptors (Lipinski definition) is 5. The second-order valence-corrected chi connectivity index (χ2v) is 7.27. The minimum Gasteiger partial charge on any atom is -0.481 e. The highest BCUT2D eigenvalue weighted by Gasteiger charge is 2.17. The van der Waals surface area contributed by atoms with Gasteiger partial charge in [-0.05, 0) is 49.6 Å². The van der Waals surface area contributed by atoms with Crippen LogP contribution in [0.5, 0.6) is 5.75 Å². The zero-order valence-corrected chi connectivity index (χ0v) is 16.8. The summed E-state index contributed by atoms with van der Waals surface area (Å²) in [6.45, 7) is 3.46. The molecule has 0 saturated carbocycles. The summed E-state index contributed by atoms with van der Waals surface area (Å²) < 4.78 is 20.1. The Morgan fingerprint density at radius 3 is 2.90 bits per heavy atom. The van der Waals surface area contributed by atoms with E-state index in [0.29, 0.717) is 22.5 Å². The number of fused-ring (bicyclic) bond motifs is 1.